The predicted molar refractivity (Wildman–Crippen MR) is 71.4 cm³/mol. The molecule has 20 heavy (non-hydrogen) atoms. The minimum atomic E-state index is -1.11. The van der Waals surface area contributed by atoms with Gasteiger partial charge in [-0.25, -0.2) is 9.59 Å². The number of carboxylic acid groups (broad SMARTS) is 1. The van der Waals surface area contributed by atoms with Gasteiger partial charge in [-0.05, 0) is 10.8 Å². The van der Waals surface area contributed by atoms with Crippen molar-refractivity contribution in [1.82, 2.24) is 20.1 Å². The summed E-state index contributed by atoms with van der Waals surface area (Å²) in [6.07, 6.45) is 0.192. The topological polar surface area (TPSA) is 117 Å². The molecule has 9 heteroatoms. The van der Waals surface area contributed by atoms with E-state index in [4.69, 9.17) is 5.11 Å². The number of carboxylic acids is 1. The lowest BCUT2D eigenvalue weighted by Gasteiger charge is -2.14. The van der Waals surface area contributed by atoms with Crippen LogP contribution in [0.5, 0.6) is 0 Å². The number of rotatable bonds is 5. The zero-order chi connectivity index (χ0) is 14.4. The third-order valence-corrected chi connectivity index (χ3v) is 2.92. The Bertz CT molecular complexity index is 575. The van der Waals surface area contributed by atoms with E-state index in [9.17, 15) is 9.59 Å². The van der Waals surface area contributed by atoms with Gasteiger partial charge in [-0.1, -0.05) is 39.9 Å². The van der Waals surface area contributed by atoms with Crippen molar-refractivity contribution in [3.05, 3.63) is 35.9 Å². The maximum absolute atomic E-state index is 11.6. The molecule has 2 aromatic rings. The van der Waals surface area contributed by atoms with Crippen molar-refractivity contribution in [2.45, 2.75) is 12.5 Å². The van der Waals surface area contributed by atoms with Gasteiger partial charge in [-0.2, -0.15) is 0 Å². The first-order valence-electron chi connectivity index (χ1n) is 5.64. The van der Waals surface area contributed by atoms with Crippen LogP contribution in [-0.4, -0.2) is 37.9 Å². The summed E-state index contributed by atoms with van der Waals surface area (Å²) in [5.74, 6) is -1.11. The number of nitrogens with one attached hydrogen (secondary N) is 2. The van der Waals surface area contributed by atoms with Crippen LogP contribution in [0, 0.1) is 0 Å². The van der Waals surface area contributed by atoms with Crippen molar-refractivity contribution in [3.63, 3.8) is 0 Å². The first-order chi connectivity index (χ1) is 9.65. The van der Waals surface area contributed by atoms with Gasteiger partial charge < -0.3 is 10.4 Å². The second-order valence-corrected chi connectivity index (χ2v) is 4.58. The molecule has 0 radical (unpaired) electrons. The second kappa shape index (κ2) is 6.57. The molecule has 2 rings (SSSR count). The van der Waals surface area contributed by atoms with Crippen LogP contribution < -0.4 is 10.6 Å². The van der Waals surface area contributed by atoms with Crippen molar-refractivity contribution >= 4 is 28.7 Å². The second-order valence-electron chi connectivity index (χ2n) is 3.85. The molecule has 0 saturated carbocycles. The van der Waals surface area contributed by atoms with Crippen LogP contribution in [0.2, 0.25) is 0 Å². The monoisotopic (exact) mass is 293 g/mol. The molecule has 0 saturated heterocycles. The van der Waals surface area contributed by atoms with Gasteiger partial charge >= 0.3 is 12.0 Å². The van der Waals surface area contributed by atoms with Gasteiger partial charge in [-0.15, -0.1) is 0 Å². The number of amides is 2. The van der Waals surface area contributed by atoms with Crippen molar-refractivity contribution < 1.29 is 14.7 Å². The maximum atomic E-state index is 11.6. The number of nitrogens with zero attached hydrogens (tertiary/aromatic N) is 3. The molecule has 2 amide bonds. The largest absolute Gasteiger partial charge is 0.480 e. The SMILES string of the molecule is O=C(Nc1nnns1)N[C@H](Cc1ccccc1)C(=O)O. The minimum absolute atomic E-state index is 0.192. The average molecular weight is 293 g/mol. The van der Waals surface area contributed by atoms with Crippen molar-refractivity contribution in [2.75, 3.05) is 5.32 Å². The van der Waals surface area contributed by atoms with E-state index in [1.54, 1.807) is 24.3 Å². The fourth-order valence-corrected chi connectivity index (χ4v) is 1.88. The molecule has 0 aliphatic rings. The van der Waals surface area contributed by atoms with E-state index in [-0.39, 0.29) is 11.6 Å². The Morgan fingerprint density at radius 3 is 2.65 bits per heavy atom. The zero-order valence-corrected chi connectivity index (χ0v) is 11.0. The third-order valence-electron chi connectivity index (χ3n) is 2.41. The average Bonchev–Trinajstić information content (AvgIpc) is 2.92. The fourth-order valence-electron chi connectivity index (χ4n) is 1.52. The van der Waals surface area contributed by atoms with Crippen molar-refractivity contribution in [1.29, 1.82) is 0 Å². The highest BCUT2D eigenvalue weighted by Gasteiger charge is 2.20. The van der Waals surface area contributed by atoms with Crippen LogP contribution in [0.25, 0.3) is 0 Å². The zero-order valence-electron chi connectivity index (χ0n) is 10.2. The van der Waals surface area contributed by atoms with Crippen LogP contribution in [0.3, 0.4) is 0 Å². The van der Waals surface area contributed by atoms with Crippen LogP contribution in [0.4, 0.5) is 9.93 Å². The number of hydrogen-bond acceptors (Lipinski definition) is 6. The molecule has 0 unspecified atom stereocenters. The van der Waals surface area contributed by atoms with E-state index in [0.717, 1.165) is 17.1 Å². The van der Waals surface area contributed by atoms with Crippen molar-refractivity contribution in [3.8, 4) is 0 Å². The van der Waals surface area contributed by atoms with E-state index >= 15 is 0 Å². The Morgan fingerprint density at radius 2 is 2.05 bits per heavy atom. The van der Waals surface area contributed by atoms with Crippen LogP contribution in [0.1, 0.15) is 5.56 Å². The highest BCUT2D eigenvalue weighted by Crippen LogP contribution is 2.06. The number of hydrogen-bond donors (Lipinski definition) is 3. The van der Waals surface area contributed by atoms with Gasteiger partial charge in [0.1, 0.15) is 6.04 Å². The Kier molecular flexibility index (Phi) is 4.56. The van der Waals surface area contributed by atoms with E-state index in [2.05, 4.69) is 25.4 Å². The molecule has 0 bridgehead atoms. The van der Waals surface area contributed by atoms with Crippen molar-refractivity contribution in [2.24, 2.45) is 0 Å². The van der Waals surface area contributed by atoms with Crippen LogP contribution >= 0.6 is 11.5 Å². The highest BCUT2D eigenvalue weighted by molar-refractivity contribution is 7.09. The first kappa shape index (κ1) is 13.9. The summed E-state index contributed by atoms with van der Waals surface area (Å²) < 4.78 is 3.48. The number of aromatic nitrogens is 3. The van der Waals surface area contributed by atoms with Gasteiger partial charge in [0.25, 0.3) is 0 Å². The molecule has 8 nitrogen and oxygen atoms in total. The lowest BCUT2D eigenvalue weighted by molar-refractivity contribution is -0.139. The standard InChI is InChI=1S/C11H11N5O3S/c17-9(18)8(6-7-4-2-1-3-5-7)12-10(19)13-11-14-15-16-20-11/h1-5,8H,6H2,(H,17,18)(H2,12,13,14,16,19)/t8-/m1/s1. The predicted octanol–water partition coefficient (Wildman–Crippen LogP) is 0.750. The van der Waals surface area contributed by atoms with Gasteiger partial charge in [0.2, 0.25) is 5.13 Å². The van der Waals surface area contributed by atoms with E-state index in [1.807, 2.05) is 6.07 Å². The van der Waals surface area contributed by atoms with E-state index < -0.39 is 18.0 Å². The number of urea groups is 1. The number of aliphatic carboxylic acids is 1. The van der Waals surface area contributed by atoms with E-state index in [0.29, 0.717) is 0 Å². The molecule has 104 valence electrons. The summed E-state index contributed by atoms with van der Waals surface area (Å²) >= 11 is 0.899. The number of carbonyl (C=O) groups is 2. The third kappa shape index (κ3) is 3.99. The van der Waals surface area contributed by atoms with Crippen LogP contribution in [-0.2, 0) is 11.2 Å². The molecule has 0 fully saturated rings. The summed E-state index contributed by atoms with van der Waals surface area (Å²) in [5, 5.41) is 20.9. The summed E-state index contributed by atoms with van der Waals surface area (Å²) in [5.41, 5.74) is 0.817. The Morgan fingerprint density at radius 1 is 1.30 bits per heavy atom. The molecule has 1 aromatic carbocycles. The summed E-state index contributed by atoms with van der Waals surface area (Å²) in [4.78, 5) is 22.8. The molecule has 0 aliphatic carbocycles. The minimum Gasteiger partial charge on any atom is -0.480 e. The number of benzene rings is 1. The first-order valence-corrected chi connectivity index (χ1v) is 6.42. The number of anilines is 1. The molecule has 1 atom stereocenters. The van der Waals surface area contributed by atoms with Gasteiger partial charge in [-0.3, -0.25) is 5.32 Å². The molecule has 1 heterocycles. The molecule has 3 N–H and O–H groups in total. The normalized spacial score (nSPS) is 11.6. The van der Waals surface area contributed by atoms with Gasteiger partial charge in [0, 0.05) is 18.0 Å². The summed E-state index contributed by atoms with van der Waals surface area (Å²) in [6.45, 7) is 0. The molecular formula is C11H11N5O3S. The molecule has 0 aliphatic heterocycles. The lowest BCUT2D eigenvalue weighted by Crippen LogP contribution is -2.44. The lowest BCUT2D eigenvalue weighted by atomic mass is 10.1. The van der Waals surface area contributed by atoms with Gasteiger partial charge in [0.05, 0.1) is 0 Å². The number of carbonyl (C=O) groups excluding carboxylic acids is 1. The molecule has 1 aromatic heterocycles. The Labute approximate surface area is 118 Å². The fraction of sp³-hybridized carbons (Fsp3) is 0.182. The molecular weight excluding hydrogens is 282 g/mol. The summed E-state index contributed by atoms with van der Waals surface area (Å²) in [6, 6.07) is 7.35. The maximum Gasteiger partial charge on any atom is 0.326 e. The molecule has 0 spiro atoms. The summed E-state index contributed by atoms with van der Waals surface area (Å²) in [7, 11) is 0. The Balaban J connectivity index is 1.95. The van der Waals surface area contributed by atoms with Gasteiger partial charge in [0.15, 0.2) is 0 Å². The Hall–Kier alpha value is -2.55. The highest BCUT2D eigenvalue weighted by atomic mass is 32.1. The van der Waals surface area contributed by atoms with E-state index in [1.165, 1.54) is 0 Å². The smallest absolute Gasteiger partial charge is 0.326 e. The quantitative estimate of drug-likeness (QED) is 0.749. The van der Waals surface area contributed by atoms with Crippen LogP contribution in [0.15, 0.2) is 30.3 Å².